The Morgan fingerprint density at radius 1 is 0.682 bits per heavy atom. The molecule has 1 aromatic rings. The van der Waals surface area contributed by atoms with Gasteiger partial charge in [-0.1, -0.05) is 0 Å². The molecule has 22 heavy (non-hydrogen) atoms. The van der Waals surface area contributed by atoms with E-state index in [0.717, 1.165) is 0 Å². The Labute approximate surface area is 142 Å². The van der Waals surface area contributed by atoms with Crippen molar-refractivity contribution in [3.05, 3.63) is 48.2 Å². The fourth-order valence-electron chi connectivity index (χ4n) is 4.66. The topological polar surface area (TPSA) is 0 Å². The molecule has 2 rings (SSSR count). The maximum absolute atomic E-state index is 2.41. The summed E-state index contributed by atoms with van der Waals surface area (Å²) in [6.07, 6.45) is 4.96. The van der Waals surface area contributed by atoms with Crippen LogP contribution in [0.15, 0.2) is 31.5 Å². The quantitative estimate of drug-likeness (QED) is 0.601. The molecule has 1 aliphatic rings. The van der Waals surface area contributed by atoms with E-state index in [1.807, 2.05) is 8.25 Å². The summed E-state index contributed by atoms with van der Waals surface area (Å²) in [5.41, 5.74) is 7.99. The van der Waals surface area contributed by atoms with Crippen molar-refractivity contribution >= 4 is 20.3 Å². The molecule has 0 spiro atoms. The summed E-state index contributed by atoms with van der Waals surface area (Å²) in [5.74, 6) is 0. The summed E-state index contributed by atoms with van der Waals surface area (Å²) in [7, 11) is 0. The van der Waals surface area contributed by atoms with Crippen LogP contribution in [0, 0.1) is 20.8 Å². The van der Waals surface area contributed by atoms with Gasteiger partial charge < -0.3 is 0 Å². The van der Waals surface area contributed by atoms with Crippen LogP contribution in [0.25, 0.3) is 0 Å². The van der Waals surface area contributed by atoms with E-state index in [9.17, 15) is 0 Å². The van der Waals surface area contributed by atoms with Gasteiger partial charge in [-0.05, 0) is 0 Å². The van der Waals surface area contributed by atoms with E-state index in [2.05, 4.69) is 60.6 Å². The number of hydrogen-bond acceptors (Lipinski definition) is 0. The molecule has 0 N–H and O–H groups in total. The summed E-state index contributed by atoms with van der Waals surface area (Å²) in [4.78, 5) is 0. The van der Waals surface area contributed by atoms with Crippen LogP contribution in [0.1, 0.15) is 70.1 Å². The van der Waals surface area contributed by atoms with Crippen LogP contribution in [0.2, 0.25) is 0 Å². The van der Waals surface area contributed by atoms with E-state index in [1.165, 1.54) is 31.2 Å². The second kappa shape index (κ2) is 7.27. The normalized spacial score (nSPS) is 15.3. The fourth-order valence-corrected chi connectivity index (χ4v) is 14.0. The second-order valence-corrected chi connectivity index (χ2v) is 12.6. The minimum absolute atomic E-state index is 1.22. The zero-order valence-corrected chi connectivity index (χ0v) is 18.0. The number of hydrogen-bond donors (Lipinski definition) is 0. The first kappa shape index (κ1) is 17.7. The molecular weight excluding hydrogens is 322 g/mol. The average molecular weight is 353 g/mol. The number of benzene rings is 1. The van der Waals surface area contributed by atoms with E-state index in [-0.39, 0.29) is 0 Å². The molecule has 0 unspecified atom stereocenters. The van der Waals surface area contributed by atoms with E-state index in [1.54, 1.807) is 26.4 Å². The van der Waals surface area contributed by atoms with Crippen molar-refractivity contribution in [3.63, 3.8) is 0 Å². The minimum atomic E-state index is -1.76. The molecule has 0 amide bonds. The van der Waals surface area contributed by atoms with Crippen LogP contribution in [-0.2, 0) is 0 Å². The summed E-state index contributed by atoms with van der Waals surface area (Å²) in [5, 5.41) is 0. The third-order valence-electron chi connectivity index (χ3n) is 5.33. The van der Waals surface area contributed by atoms with E-state index in [0.29, 0.717) is 0 Å². The summed E-state index contributed by atoms with van der Waals surface area (Å²) < 4.78 is 5.51. The van der Waals surface area contributed by atoms with Crippen LogP contribution >= 0.6 is 0 Å². The van der Waals surface area contributed by atoms with Crippen LogP contribution in [0.3, 0.4) is 0 Å². The summed E-state index contributed by atoms with van der Waals surface area (Å²) in [6.45, 7) is 16.4. The molecule has 1 aliphatic heterocycles. The van der Waals surface area contributed by atoms with Crippen LogP contribution < -0.4 is 4.12 Å². The van der Waals surface area contributed by atoms with Gasteiger partial charge in [0.05, 0.1) is 0 Å². The van der Waals surface area contributed by atoms with E-state index < -0.39 is 16.2 Å². The predicted molar refractivity (Wildman–Crippen MR) is 101 cm³/mol. The number of rotatable bonds is 5. The van der Waals surface area contributed by atoms with Crippen LogP contribution in [-0.4, -0.2) is 16.2 Å². The zero-order chi connectivity index (χ0) is 16.4. The Kier molecular flexibility index (Phi) is 5.85. The number of aryl methyl sites for hydroxylation is 3. The maximum atomic E-state index is 2.41. The van der Waals surface area contributed by atoms with Crippen molar-refractivity contribution in [2.75, 3.05) is 0 Å². The SMILES string of the molecule is CCC1=[C](CC)[Ga]([c]2c(C)cc(C)cc2C)[C](CC)=C1CC. The first-order chi connectivity index (χ1) is 10.5. The van der Waals surface area contributed by atoms with Crippen molar-refractivity contribution in [1.29, 1.82) is 0 Å². The van der Waals surface area contributed by atoms with Gasteiger partial charge in [0.25, 0.3) is 0 Å². The van der Waals surface area contributed by atoms with E-state index in [4.69, 9.17) is 0 Å². The molecule has 0 saturated heterocycles. The first-order valence-corrected chi connectivity index (χ1v) is 12.6. The molecule has 0 aliphatic carbocycles. The Bertz CT molecular complexity index is 580. The van der Waals surface area contributed by atoms with Gasteiger partial charge in [-0.25, -0.2) is 0 Å². The molecule has 118 valence electrons. The van der Waals surface area contributed by atoms with Crippen molar-refractivity contribution in [3.8, 4) is 0 Å². The van der Waals surface area contributed by atoms with Gasteiger partial charge in [0.2, 0.25) is 0 Å². The van der Waals surface area contributed by atoms with Crippen molar-refractivity contribution in [1.82, 2.24) is 0 Å². The van der Waals surface area contributed by atoms with Gasteiger partial charge in [0.1, 0.15) is 0 Å². The van der Waals surface area contributed by atoms with Crippen molar-refractivity contribution in [2.45, 2.75) is 74.1 Å². The average Bonchev–Trinajstić information content (AvgIpc) is 2.78. The zero-order valence-electron chi connectivity index (χ0n) is 15.6. The third kappa shape index (κ3) is 2.90. The molecule has 1 heterocycles. The molecule has 0 atom stereocenters. The molecule has 0 saturated carbocycles. The Morgan fingerprint density at radius 3 is 1.41 bits per heavy atom. The van der Waals surface area contributed by atoms with E-state index >= 15 is 0 Å². The molecule has 1 aromatic carbocycles. The molecule has 0 radical (unpaired) electrons. The predicted octanol–water partition coefficient (Wildman–Crippen LogP) is 5.64. The molecule has 0 nitrogen and oxygen atoms in total. The van der Waals surface area contributed by atoms with Gasteiger partial charge in [0, 0.05) is 0 Å². The second-order valence-electron chi connectivity index (χ2n) is 6.67. The van der Waals surface area contributed by atoms with Gasteiger partial charge in [-0.2, -0.15) is 0 Å². The standard InChI is InChI=1S/C12H20.C9H11.Ga/c1-5-9-11(7-3)12(8-4)10-6-2;1-7-4-8(2)6-9(3)5-7;/h5-8H2,1-4H3;4-5H,1-3H3;. The van der Waals surface area contributed by atoms with Gasteiger partial charge in [-0.15, -0.1) is 0 Å². The molecule has 0 bridgehead atoms. The van der Waals surface area contributed by atoms with Crippen molar-refractivity contribution in [2.24, 2.45) is 0 Å². The Balaban J connectivity index is 2.72. The molecule has 0 fully saturated rings. The van der Waals surface area contributed by atoms with Gasteiger partial charge >= 0.3 is 143 Å². The summed E-state index contributed by atoms with van der Waals surface area (Å²) in [6, 6.07) is 4.81. The number of allylic oxidation sites excluding steroid dienone is 4. The first-order valence-electron chi connectivity index (χ1n) is 9.01. The van der Waals surface area contributed by atoms with Crippen LogP contribution in [0.5, 0.6) is 0 Å². The fraction of sp³-hybridized carbons (Fsp3) is 0.524. The molecular formula is C21H31Ga. The molecule has 0 aromatic heterocycles. The molecule has 1 heteroatoms. The van der Waals surface area contributed by atoms with Gasteiger partial charge in [0.15, 0.2) is 0 Å². The summed E-state index contributed by atoms with van der Waals surface area (Å²) >= 11 is -1.76. The monoisotopic (exact) mass is 352 g/mol. The Morgan fingerprint density at radius 2 is 1.09 bits per heavy atom. The Hall–Kier alpha value is -0.664. The van der Waals surface area contributed by atoms with Gasteiger partial charge in [-0.3, -0.25) is 0 Å². The van der Waals surface area contributed by atoms with Crippen molar-refractivity contribution < 1.29 is 0 Å². The third-order valence-corrected chi connectivity index (χ3v) is 14.6. The van der Waals surface area contributed by atoms with Crippen LogP contribution in [0.4, 0.5) is 0 Å².